The Morgan fingerprint density at radius 3 is 2.68 bits per heavy atom. The summed E-state index contributed by atoms with van der Waals surface area (Å²) in [5.74, 6) is 0.705. The summed E-state index contributed by atoms with van der Waals surface area (Å²) in [5.41, 5.74) is 2.44. The molecule has 0 aromatic carbocycles. The summed E-state index contributed by atoms with van der Waals surface area (Å²) >= 11 is 1.05. The second-order valence-electron chi connectivity index (χ2n) is 4.74. The molecular formula is C13H13N7OS. The van der Waals surface area contributed by atoms with E-state index in [1.54, 1.807) is 17.7 Å². The van der Waals surface area contributed by atoms with Crippen LogP contribution in [0, 0.1) is 20.8 Å². The first-order valence-electron chi connectivity index (χ1n) is 6.50. The summed E-state index contributed by atoms with van der Waals surface area (Å²) < 4.78 is 5.45. The highest BCUT2D eigenvalue weighted by atomic mass is 32.1. The molecule has 8 nitrogen and oxygen atoms in total. The number of rotatable bonds is 3. The summed E-state index contributed by atoms with van der Waals surface area (Å²) in [6, 6.07) is 3.62. The SMILES string of the molecule is Cc1cc(C)n(-c2cc(NC(=O)c3snnc3C)ncn2)n1. The molecule has 9 heteroatoms. The predicted molar refractivity (Wildman–Crippen MR) is 81.2 cm³/mol. The van der Waals surface area contributed by atoms with Gasteiger partial charge in [0.1, 0.15) is 17.0 Å². The minimum atomic E-state index is -0.287. The van der Waals surface area contributed by atoms with Gasteiger partial charge in [-0.2, -0.15) is 5.10 Å². The van der Waals surface area contributed by atoms with E-state index in [0.717, 1.165) is 22.9 Å². The minimum absolute atomic E-state index is 0.287. The van der Waals surface area contributed by atoms with E-state index in [9.17, 15) is 4.79 Å². The second kappa shape index (κ2) is 5.60. The Labute approximate surface area is 130 Å². The van der Waals surface area contributed by atoms with Crippen molar-refractivity contribution in [3.8, 4) is 5.82 Å². The lowest BCUT2D eigenvalue weighted by molar-refractivity contribution is 0.102. The van der Waals surface area contributed by atoms with Crippen LogP contribution in [0.4, 0.5) is 5.82 Å². The first kappa shape index (κ1) is 14.3. The third-order valence-corrected chi connectivity index (χ3v) is 3.81. The van der Waals surface area contributed by atoms with Crippen LogP contribution in [-0.2, 0) is 0 Å². The van der Waals surface area contributed by atoms with Gasteiger partial charge in [-0.1, -0.05) is 4.49 Å². The molecule has 0 saturated carbocycles. The Bertz CT molecular complexity index is 839. The highest BCUT2D eigenvalue weighted by Crippen LogP contribution is 2.15. The van der Waals surface area contributed by atoms with Crippen LogP contribution in [0.1, 0.15) is 26.8 Å². The normalized spacial score (nSPS) is 10.7. The van der Waals surface area contributed by atoms with Crippen LogP contribution >= 0.6 is 11.5 Å². The molecular weight excluding hydrogens is 302 g/mol. The van der Waals surface area contributed by atoms with Gasteiger partial charge in [0.2, 0.25) is 0 Å². The molecule has 3 rings (SSSR count). The number of aryl methyl sites for hydroxylation is 3. The quantitative estimate of drug-likeness (QED) is 0.789. The summed E-state index contributed by atoms with van der Waals surface area (Å²) in [5, 5.41) is 10.9. The van der Waals surface area contributed by atoms with E-state index in [-0.39, 0.29) is 5.91 Å². The Morgan fingerprint density at radius 2 is 2.05 bits per heavy atom. The highest BCUT2D eigenvalue weighted by Gasteiger charge is 2.14. The van der Waals surface area contributed by atoms with Gasteiger partial charge in [0.05, 0.1) is 11.4 Å². The lowest BCUT2D eigenvalue weighted by atomic mass is 10.3. The average Bonchev–Trinajstić information content (AvgIpc) is 3.04. The van der Waals surface area contributed by atoms with Crippen molar-refractivity contribution < 1.29 is 4.79 Å². The molecule has 3 aromatic rings. The maximum absolute atomic E-state index is 12.2. The van der Waals surface area contributed by atoms with Crippen LogP contribution in [0.2, 0.25) is 0 Å². The van der Waals surface area contributed by atoms with Gasteiger partial charge in [-0.3, -0.25) is 4.79 Å². The number of hydrogen-bond donors (Lipinski definition) is 1. The Balaban J connectivity index is 1.87. The zero-order valence-electron chi connectivity index (χ0n) is 12.2. The maximum atomic E-state index is 12.2. The van der Waals surface area contributed by atoms with Crippen molar-refractivity contribution >= 4 is 23.3 Å². The Morgan fingerprint density at radius 1 is 1.23 bits per heavy atom. The molecule has 112 valence electrons. The van der Waals surface area contributed by atoms with Crippen molar-refractivity contribution in [1.82, 2.24) is 29.3 Å². The third-order valence-electron chi connectivity index (χ3n) is 2.98. The number of hydrogen-bond acceptors (Lipinski definition) is 7. The van der Waals surface area contributed by atoms with Gasteiger partial charge in [-0.15, -0.1) is 5.10 Å². The number of amides is 1. The van der Waals surface area contributed by atoms with Crippen LogP contribution in [0.3, 0.4) is 0 Å². The summed E-state index contributed by atoms with van der Waals surface area (Å²) in [6.45, 7) is 5.58. The smallest absolute Gasteiger partial charge is 0.270 e. The molecule has 0 saturated heterocycles. The molecule has 0 radical (unpaired) electrons. The van der Waals surface area contributed by atoms with Gasteiger partial charge in [0.15, 0.2) is 5.82 Å². The van der Waals surface area contributed by atoms with E-state index in [2.05, 4.69) is 30.0 Å². The average molecular weight is 315 g/mol. The molecule has 0 spiro atoms. The molecule has 0 atom stereocenters. The molecule has 3 aromatic heterocycles. The number of aromatic nitrogens is 6. The van der Waals surface area contributed by atoms with Gasteiger partial charge in [-0.25, -0.2) is 14.6 Å². The van der Waals surface area contributed by atoms with Crippen LogP contribution in [0.25, 0.3) is 5.82 Å². The monoisotopic (exact) mass is 315 g/mol. The molecule has 3 heterocycles. The molecule has 0 aliphatic rings. The van der Waals surface area contributed by atoms with E-state index < -0.39 is 0 Å². The molecule has 0 aliphatic carbocycles. The predicted octanol–water partition coefficient (Wildman–Crippen LogP) is 1.69. The fourth-order valence-corrected chi connectivity index (χ4v) is 2.56. The zero-order valence-corrected chi connectivity index (χ0v) is 13.0. The van der Waals surface area contributed by atoms with Crippen molar-refractivity contribution in [3.05, 3.63) is 40.4 Å². The van der Waals surface area contributed by atoms with Gasteiger partial charge in [0, 0.05) is 11.8 Å². The topological polar surface area (TPSA) is 98.5 Å². The lowest BCUT2D eigenvalue weighted by Crippen LogP contribution is -2.13. The maximum Gasteiger partial charge on any atom is 0.270 e. The molecule has 22 heavy (non-hydrogen) atoms. The van der Waals surface area contributed by atoms with Gasteiger partial charge < -0.3 is 5.32 Å². The first-order valence-corrected chi connectivity index (χ1v) is 7.28. The largest absolute Gasteiger partial charge is 0.306 e. The summed E-state index contributed by atoms with van der Waals surface area (Å²) in [7, 11) is 0. The van der Waals surface area contributed by atoms with Crippen LogP contribution in [0.15, 0.2) is 18.5 Å². The molecule has 1 amide bonds. The van der Waals surface area contributed by atoms with Crippen molar-refractivity contribution in [1.29, 1.82) is 0 Å². The first-order chi connectivity index (χ1) is 10.5. The molecule has 0 unspecified atom stereocenters. The summed E-state index contributed by atoms with van der Waals surface area (Å²) in [4.78, 5) is 20.9. The van der Waals surface area contributed by atoms with E-state index in [0.29, 0.717) is 22.2 Å². The Kier molecular flexibility index (Phi) is 3.63. The van der Waals surface area contributed by atoms with Crippen LogP contribution in [0.5, 0.6) is 0 Å². The minimum Gasteiger partial charge on any atom is -0.306 e. The second-order valence-corrected chi connectivity index (χ2v) is 5.50. The van der Waals surface area contributed by atoms with Crippen LogP contribution in [-0.4, -0.2) is 35.2 Å². The molecule has 1 N–H and O–H groups in total. The number of anilines is 1. The molecule has 0 bridgehead atoms. The van der Waals surface area contributed by atoms with E-state index in [1.807, 2.05) is 19.9 Å². The highest BCUT2D eigenvalue weighted by molar-refractivity contribution is 7.08. The summed E-state index contributed by atoms with van der Waals surface area (Å²) in [6.07, 6.45) is 1.39. The van der Waals surface area contributed by atoms with E-state index >= 15 is 0 Å². The van der Waals surface area contributed by atoms with Gasteiger partial charge in [-0.05, 0) is 38.4 Å². The molecule has 0 aliphatic heterocycles. The fourth-order valence-electron chi connectivity index (χ4n) is 2.00. The number of nitrogens with zero attached hydrogens (tertiary/aromatic N) is 6. The fraction of sp³-hybridized carbons (Fsp3) is 0.231. The number of nitrogens with one attached hydrogen (secondary N) is 1. The number of carbonyl (C=O) groups excluding carboxylic acids is 1. The third kappa shape index (κ3) is 2.70. The standard InChI is InChI=1S/C13H13N7OS/c1-7-4-8(2)20(18-7)11-5-10(14-6-15-11)16-13(21)12-9(3)17-19-22-12/h4-6H,1-3H3,(H,14,15,16,21). The van der Waals surface area contributed by atoms with E-state index in [4.69, 9.17) is 0 Å². The van der Waals surface area contributed by atoms with Gasteiger partial charge >= 0.3 is 0 Å². The number of carbonyl (C=O) groups is 1. The zero-order chi connectivity index (χ0) is 15.7. The lowest BCUT2D eigenvalue weighted by Gasteiger charge is -2.06. The van der Waals surface area contributed by atoms with E-state index in [1.165, 1.54) is 6.33 Å². The molecule has 0 fully saturated rings. The van der Waals surface area contributed by atoms with Crippen molar-refractivity contribution in [2.75, 3.05) is 5.32 Å². The van der Waals surface area contributed by atoms with Crippen LogP contribution < -0.4 is 5.32 Å². The van der Waals surface area contributed by atoms with Crippen molar-refractivity contribution in [2.45, 2.75) is 20.8 Å². The van der Waals surface area contributed by atoms with Crippen molar-refractivity contribution in [2.24, 2.45) is 0 Å². The van der Waals surface area contributed by atoms with Crippen molar-refractivity contribution in [3.63, 3.8) is 0 Å². The van der Waals surface area contributed by atoms with Gasteiger partial charge in [0.25, 0.3) is 5.91 Å². The Hall–Kier alpha value is -2.68.